The van der Waals surface area contributed by atoms with Crippen LogP contribution in [0, 0.1) is 6.92 Å². The lowest BCUT2D eigenvalue weighted by Gasteiger charge is -2.13. The van der Waals surface area contributed by atoms with Crippen LogP contribution in [-0.4, -0.2) is 29.7 Å². The van der Waals surface area contributed by atoms with Crippen molar-refractivity contribution in [1.82, 2.24) is 9.55 Å². The van der Waals surface area contributed by atoms with E-state index in [2.05, 4.69) is 10.1 Å². The smallest absolute Gasteiger partial charge is 0.422 e. The zero-order valence-electron chi connectivity index (χ0n) is 20.2. The van der Waals surface area contributed by atoms with Crippen molar-refractivity contribution in [2.24, 2.45) is 5.73 Å². The number of hydrogen-bond acceptors (Lipinski definition) is 6. The summed E-state index contributed by atoms with van der Waals surface area (Å²) in [4.78, 5) is 28.9. The highest BCUT2D eigenvalue weighted by Gasteiger charge is 2.31. The second kappa shape index (κ2) is 9.29. The summed E-state index contributed by atoms with van der Waals surface area (Å²) in [6.07, 6.45) is -4.79. The first-order chi connectivity index (χ1) is 18.0. The summed E-state index contributed by atoms with van der Waals surface area (Å²) in [5.74, 6) is -0.836. The summed E-state index contributed by atoms with van der Waals surface area (Å²) in [7, 11) is 1.98. The van der Waals surface area contributed by atoms with Crippen LogP contribution in [-0.2, 0) is 6.54 Å². The van der Waals surface area contributed by atoms with Gasteiger partial charge in [-0.2, -0.15) is 0 Å². The van der Waals surface area contributed by atoms with Gasteiger partial charge < -0.3 is 24.8 Å². The van der Waals surface area contributed by atoms with E-state index in [4.69, 9.17) is 15.1 Å². The zero-order chi connectivity index (χ0) is 27.2. The lowest BCUT2D eigenvalue weighted by atomic mass is 9.95. The average Bonchev–Trinajstić information content (AvgIpc) is 3.15. The summed E-state index contributed by atoms with van der Waals surface area (Å²) in [6, 6.07) is 16.5. The number of halogens is 3. The number of imidazole rings is 1. The number of nitrogens with one attached hydrogen (secondary N) is 1. The fourth-order valence-electron chi connectivity index (χ4n) is 4.25. The quantitative estimate of drug-likeness (QED) is 0.262. The van der Waals surface area contributed by atoms with Gasteiger partial charge in [-0.05, 0) is 48.4 Å². The van der Waals surface area contributed by atoms with Crippen LogP contribution in [0.2, 0.25) is 0 Å². The molecular weight excluding hydrogens is 500 g/mol. The van der Waals surface area contributed by atoms with Crippen molar-refractivity contribution >= 4 is 52.9 Å². The maximum Gasteiger partial charge on any atom is 0.573 e. The van der Waals surface area contributed by atoms with Crippen molar-refractivity contribution < 1.29 is 27.1 Å². The molecular formula is C26H20BF3N4O4. The molecule has 0 aliphatic carbocycles. The second-order valence-electron chi connectivity index (χ2n) is 8.80. The van der Waals surface area contributed by atoms with Crippen molar-refractivity contribution in [2.75, 3.05) is 5.32 Å². The molecule has 3 N–H and O–H groups in total. The number of hydrogen-bond donors (Lipinski definition) is 2. The van der Waals surface area contributed by atoms with E-state index in [-0.39, 0.29) is 16.9 Å². The molecule has 38 heavy (non-hydrogen) atoms. The van der Waals surface area contributed by atoms with Crippen LogP contribution in [0.15, 0.2) is 69.9 Å². The van der Waals surface area contributed by atoms with E-state index < -0.39 is 17.9 Å². The molecule has 2 aromatic heterocycles. The van der Waals surface area contributed by atoms with E-state index in [1.807, 2.05) is 36.7 Å². The van der Waals surface area contributed by atoms with Crippen LogP contribution in [0.1, 0.15) is 21.5 Å². The van der Waals surface area contributed by atoms with E-state index in [1.54, 1.807) is 19.1 Å². The minimum absolute atomic E-state index is 0.226. The predicted molar refractivity (Wildman–Crippen MR) is 139 cm³/mol. The number of fused-ring (bicyclic) bond motifs is 2. The van der Waals surface area contributed by atoms with Crippen molar-refractivity contribution in [3.63, 3.8) is 0 Å². The second-order valence-corrected chi connectivity index (χ2v) is 8.80. The first kappa shape index (κ1) is 24.9. The lowest BCUT2D eigenvalue weighted by molar-refractivity contribution is -0.274. The minimum atomic E-state index is -4.79. The Kier molecular flexibility index (Phi) is 6.10. The first-order valence-corrected chi connectivity index (χ1v) is 11.4. The Balaban J connectivity index is 1.63. The molecule has 0 saturated heterocycles. The molecule has 0 aliphatic rings. The number of primary amides is 1. The van der Waals surface area contributed by atoms with E-state index >= 15 is 0 Å². The van der Waals surface area contributed by atoms with Crippen LogP contribution in [0.5, 0.6) is 5.75 Å². The molecule has 3 aromatic carbocycles. The Morgan fingerprint density at radius 2 is 1.82 bits per heavy atom. The number of amides is 1. The maximum absolute atomic E-state index is 12.5. The van der Waals surface area contributed by atoms with E-state index in [9.17, 15) is 22.8 Å². The van der Waals surface area contributed by atoms with Crippen molar-refractivity contribution in [3.05, 3.63) is 87.8 Å². The van der Waals surface area contributed by atoms with Crippen LogP contribution in [0.25, 0.3) is 22.0 Å². The molecule has 5 aromatic rings. The number of anilines is 2. The third-order valence-corrected chi connectivity index (χ3v) is 6.09. The zero-order valence-corrected chi connectivity index (χ0v) is 20.2. The number of carbonyl (C=O) groups excluding carboxylic acids is 1. The number of rotatable bonds is 6. The third kappa shape index (κ3) is 4.92. The Labute approximate surface area is 214 Å². The monoisotopic (exact) mass is 520 g/mol. The summed E-state index contributed by atoms with van der Waals surface area (Å²) in [5.41, 5.74) is 8.67. The molecule has 0 radical (unpaired) electrons. The van der Waals surface area contributed by atoms with Gasteiger partial charge in [0.25, 0.3) is 5.91 Å². The predicted octanol–water partition coefficient (Wildman–Crippen LogP) is 3.50. The van der Waals surface area contributed by atoms with Gasteiger partial charge in [-0.15, -0.1) is 13.2 Å². The molecule has 192 valence electrons. The molecule has 12 heteroatoms. The SMILES string of the molecule is Bc1ccc(Cn2c(Nc3ccc(OC(F)(F)F)cc3)nc3cc4c(C)c(C(N)=O)c(=O)oc4cc32)cc1. The van der Waals surface area contributed by atoms with Crippen LogP contribution in [0.4, 0.5) is 24.8 Å². The molecule has 0 unspecified atom stereocenters. The normalized spacial score (nSPS) is 11.7. The van der Waals surface area contributed by atoms with Gasteiger partial charge in [-0.3, -0.25) is 4.79 Å². The topological polar surface area (TPSA) is 112 Å². The number of aryl methyl sites for hydroxylation is 1. The van der Waals surface area contributed by atoms with Crippen LogP contribution >= 0.6 is 0 Å². The summed E-state index contributed by atoms with van der Waals surface area (Å²) >= 11 is 0. The molecule has 0 saturated carbocycles. The molecule has 5 rings (SSSR count). The number of aromatic nitrogens is 2. The molecule has 2 heterocycles. The number of alkyl halides is 3. The van der Waals surface area contributed by atoms with Crippen molar-refractivity contribution in [3.8, 4) is 5.75 Å². The Morgan fingerprint density at radius 1 is 1.13 bits per heavy atom. The van der Waals surface area contributed by atoms with Gasteiger partial charge in [0.05, 0.1) is 17.6 Å². The third-order valence-electron chi connectivity index (χ3n) is 6.09. The van der Waals surface area contributed by atoms with Gasteiger partial charge in [0.2, 0.25) is 5.95 Å². The average molecular weight is 520 g/mol. The van der Waals surface area contributed by atoms with E-state index in [0.29, 0.717) is 40.2 Å². The van der Waals surface area contributed by atoms with E-state index in [0.717, 1.165) is 11.0 Å². The molecule has 1 amide bonds. The number of nitrogens with two attached hydrogens (primary N) is 1. The molecule has 0 spiro atoms. The lowest BCUT2D eigenvalue weighted by Crippen LogP contribution is -2.22. The Bertz CT molecular complexity index is 1740. The van der Waals surface area contributed by atoms with Gasteiger partial charge in [0.1, 0.15) is 24.7 Å². The number of ether oxygens (including phenoxy) is 1. The van der Waals surface area contributed by atoms with Crippen LogP contribution < -0.4 is 26.9 Å². The Morgan fingerprint density at radius 3 is 2.45 bits per heavy atom. The first-order valence-electron chi connectivity index (χ1n) is 11.4. The van der Waals surface area contributed by atoms with Gasteiger partial charge >= 0.3 is 12.0 Å². The fourth-order valence-corrected chi connectivity index (χ4v) is 4.25. The van der Waals surface area contributed by atoms with Gasteiger partial charge in [-0.1, -0.05) is 29.7 Å². The number of benzene rings is 3. The van der Waals surface area contributed by atoms with Crippen LogP contribution in [0.3, 0.4) is 0 Å². The van der Waals surface area contributed by atoms with Gasteiger partial charge in [0.15, 0.2) is 0 Å². The summed E-state index contributed by atoms with van der Waals surface area (Å²) < 4.78 is 48.8. The molecule has 0 bridgehead atoms. The van der Waals surface area contributed by atoms with Crippen molar-refractivity contribution in [1.29, 1.82) is 0 Å². The highest BCUT2D eigenvalue weighted by molar-refractivity contribution is 6.32. The van der Waals surface area contributed by atoms with Crippen molar-refractivity contribution in [2.45, 2.75) is 19.8 Å². The van der Waals surface area contributed by atoms with Gasteiger partial charge in [0, 0.05) is 17.1 Å². The summed E-state index contributed by atoms with van der Waals surface area (Å²) in [5, 5.41) is 3.65. The van der Waals surface area contributed by atoms with E-state index in [1.165, 1.54) is 24.3 Å². The number of nitrogens with zero attached hydrogens (tertiary/aromatic N) is 2. The molecule has 0 aliphatic heterocycles. The fraction of sp³-hybridized carbons (Fsp3) is 0.115. The Hall–Kier alpha value is -4.74. The molecule has 0 atom stereocenters. The number of carbonyl (C=O) groups is 1. The highest BCUT2D eigenvalue weighted by Crippen LogP contribution is 2.31. The largest absolute Gasteiger partial charge is 0.573 e. The summed E-state index contributed by atoms with van der Waals surface area (Å²) in [6.45, 7) is 2.00. The molecule has 8 nitrogen and oxygen atoms in total. The standard InChI is InChI=1S/C26H20BF3N4O4/c1-13-18-10-19-20(11-21(18)37-24(36)22(13)23(31)35)34(12-14-2-4-15(27)5-3-14)25(33-19)32-16-6-8-17(9-7-16)38-26(28,29)30/h2-11H,12,27H2,1H3,(H2,31,35)(H,32,33). The molecule has 0 fully saturated rings. The minimum Gasteiger partial charge on any atom is -0.422 e. The maximum atomic E-state index is 12.5. The highest BCUT2D eigenvalue weighted by atomic mass is 19.4. The van der Waals surface area contributed by atoms with Gasteiger partial charge in [-0.25, -0.2) is 9.78 Å².